The van der Waals surface area contributed by atoms with Crippen LogP contribution in [0, 0.1) is 5.92 Å². The summed E-state index contributed by atoms with van der Waals surface area (Å²) in [5, 5.41) is 0. The molecule has 1 saturated heterocycles. The largest absolute Gasteiger partial charge is 0.497 e. The third-order valence-corrected chi connectivity index (χ3v) is 6.71. The van der Waals surface area contributed by atoms with Crippen molar-refractivity contribution in [2.45, 2.75) is 33.1 Å². The third-order valence-electron chi connectivity index (χ3n) is 6.71. The molecule has 2 aromatic rings. The number of guanidine groups is 1. The molecule has 0 bridgehead atoms. The van der Waals surface area contributed by atoms with Gasteiger partial charge in [0.1, 0.15) is 5.75 Å². The van der Waals surface area contributed by atoms with Crippen molar-refractivity contribution in [1.29, 1.82) is 0 Å². The van der Waals surface area contributed by atoms with Gasteiger partial charge in [0.25, 0.3) is 0 Å². The lowest BCUT2D eigenvalue weighted by Gasteiger charge is -2.40. The molecule has 5 nitrogen and oxygen atoms in total. The number of likely N-dealkylation sites (tertiary alicyclic amines) is 1. The molecule has 2 aliphatic heterocycles. The van der Waals surface area contributed by atoms with E-state index in [-0.39, 0.29) is 0 Å². The van der Waals surface area contributed by atoms with Crippen LogP contribution in [0.2, 0.25) is 0 Å². The fourth-order valence-electron chi connectivity index (χ4n) is 4.74. The number of aliphatic imine (C=N–C) groups is 1. The number of nitrogens with zero attached hydrogens (tertiary/aromatic N) is 4. The van der Waals surface area contributed by atoms with Gasteiger partial charge in [-0.1, -0.05) is 43.5 Å². The maximum Gasteiger partial charge on any atom is 0.210 e. The number of aromatic nitrogens is 1. The van der Waals surface area contributed by atoms with E-state index in [4.69, 9.17) is 9.73 Å². The second-order valence-electron chi connectivity index (χ2n) is 9.56. The molecule has 0 atom stereocenters. The van der Waals surface area contributed by atoms with E-state index in [1.807, 2.05) is 37.3 Å². The molecule has 36 heavy (non-hydrogen) atoms. The van der Waals surface area contributed by atoms with Gasteiger partial charge in [0.15, 0.2) is 0 Å². The fourth-order valence-corrected chi connectivity index (χ4v) is 4.74. The lowest BCUT2D eigenvalue weighted by atomic mass is 9.90. The Bertz CT molecular complexity index is 1230. The number of hydrogen-bond acceptors (Lipinski definition) is 5. The Hall–Kier alpha value is -3.86. The normalized spacial score (nSPS) is 17.0. The summed E-state index contributed by atoms with van der Waals surface area (Å²) in [4.78, 5) is 13.6. The van der Waals surface area contributed by atoms with Crippen LogP contribution in [0.25, 0.3) is 5.70 Å². The van der Waals surface area contributed by atoms with Gasteiger partial charge in [-0.25, -0.2) is 4.99 Å². The second kappa shape index (κ2) is 11.3. The van der Waals surface area contributed by atoms with Gasteiger partial charge in [-0.15, -0.1) is 0 Å². The van der Waals surface area contributed by atoms with Gasteiger partial charge in [0, 0.05) is 42.4 Å². The summed E-state index contributed by atoms with van der Waals surface area (Å²) in [6.45, 7) is 18.7. The van der Waals surface area contributed by atoms with Crippen molar-refractivity contribution in [3.63, 3.8) is 0 Å². The predicted molar refractivity (Wildman–Crippen MR) is 149 cm³/mol. The topological polar surface area (TPSA) is 41.0 Å². The Morgan fingerprint density at radius 2 is 1.83 bits per heavy atom. The molecule has 0 amide bonds. The van der Waals surface area contributed by atoms with E-state index < -0.39 is 0 Å². The van der Waals surface area contributed by atoms with E-state index in [0.29, 0.717) is 5.92 Å². The van der Waals surface area contributed by atoms with Crippen LogP contribution in [0.3, 0.4) is 0 Å². The standard InChI is InChI=1S/C31H36N4O/c1-22(2)28(20-26-8-7-9-29(21-26)36-6)19-25-12-16-34(17-13-25)31-33-30(27-10-14-32-15-11-27)18-24(5)35(31)23(3)4/h7-11,14-15,18-19,21,25H,1,3,5,12-13,16-17,20H2,2,4,6H3. The van der Waals surface area contributed by atoms with Gasteiger partial charge in [-0.05, 0) is 80.5 Å². The highest BCUT2D eigenvalue weighted by Crippen LogP contribution is 2.31. The average molecular weight is 481 g/mol. The Labute approximate surface area is 215 Å². The zero-order valence-corrected chi connectivity index (χ0v) is 21.7. The van der Waals surface area contributed by atoms with Gasteiger partial charge < -0.3 is 9.64 Å². The summed E-state index contributed by atoms with van der Waals surface area (Å²) >= 11 is 0. The van der Waals surface area contributed by atoms with Crippen LogP contribution in [-0.4, -0.2) is 40.9 Å². The SMILES string of the molecule is C=C(C)C(=CC1CCN(C2=NC(c3ccncc3)=CC(=C)N2C(=C)C)CC1)Cc1cccc(OC)c1. The monoisotopic (exact) mass is 480 g/mol. The van der Waals surface area contributed by atoms with Gasteiger partial charge in [-0.3, -0.25) is 9.88 Å². The number of benzene rings is 1. The minimum absolute atomic E-state index is 0.499. The van der Waals surface area contributed by atoms with Gasteiger partial charge in [0.2, 0.25) is 5.96 Å². The van der Waals surface area contributed by atoms with Crippen molar-refractivity contribution < 1.29 is 4.74 Å². The van der Waals surface area contributed by atoms with Crippen LogP contribution in [0.4, 0.5) is 0 Å². The molecule has 0 saturated carbocycles. The fraction of sp³-hybridized carbons (Fsp3) is 0.290. The summed E-state index contributed by atoms with van der Waals surface area (Å²) in [7, 11) is 1.71. The molecule has 0 unspecified atom stereocenters. The van der Waals surface area contributed by atoms with Crippen molar-refractivity contribution in [1.82, 2.24) is 14.8 Å². The van der Waals surface area contributed by atoms with E-state index >= 15 is 0 Å². The van der Waals surface area contributed by atoms with E-state index in [9.17, 15) is 0 Å². The molecule has 4 rings (SSSR count). The Balaban J connectivity index is 1.50. The first-order chi connectivity index (χ1) is 17.4. The number of pyridine rings is 1. The number of allylic oxidation sites excluding steroid dienone is 5. The molecule has 3 heterocycles. The van der Waals surface area contributed by atoms with Gasteiger partial charge in [0.05, 0.1) is 12.8 Å². The van der Waals surface area contributed by atoms with Gasteiger partial charge >= 0.3 is 0 Å². The second-order valence-corrected chi connectivity index (χ2v) is 9.56. The molecule has 0 radical (unpaired) electrons. The van der Waals surface area contributed by atoms with Crippen LogP contribution in [0.15, 0.2) is 108 Å². The van der Waals surface area contributed by atoms with E-state index in [2.05, 4.69) is 59.7 Å². The molecule has 0 aliphatic carbocycles. The van der Waals surface area contributed by atoms with Crippen molar-refractivity contribution in [2.24, 2.45) is 10.9 Å². The Morgan fingerprint density at radius 1 is 1.11 bits per heavy atom. The Kier molecular flexibility index (Phi) is 7.89. The van der Waals surface area contributed by atoms with Crippen LogP contribution in [0.1, 0.15) is 37.8 Å². The number of methoxy groups -OCH3 is 1. The summed E-state index contributed by atoms with van der Waals surface area (Å²) in [5.74, 6) is 2.29. The number of rotatable bonds is 7. The first-order valence-electron chi connectivity index (χ1n) is 12.5. The van der Waals surface area contributed by atoms with Crippen LogP contribution in [-0.2, 0) is 6.42 Å². The smallest absolute Gasteiger partial charge is 0.210 e. The summed E-state index contributed by atoms with van der Waals surface area (Å²) in [6.07, 6.45) is 11.0. The van der Waals surface area contributed by atoms with E-state index in [1.165, 1.54) is 11.1 Å². The molecule has 5 heteroatoms. The summed E-state index contributed by atoms with van der Waals surface area (Å²) in [6, 6.07) is 12.2. The first kappa shape index (κ1) is 25.2. The third kappa shape index (κ3) is 5.85. The van der Waals surface area contributed by atoms with Gasteiger partial charge in [-0.2, -0.15) is 0 Å². The average Bonchev–Trinajstić information content (AvgIpc) is 2.88. The molecule has 1 aromatic heterocycles. The zero-order chi connectivity index (χ0) is 25.7. The van der Waals surface area contributed by atoms with Crippen molar-refractivity contribution >= 4 is 11.7 Å². The van der Waals surface area contributed by atoms with Crippen molar-refractivity contribution in [3.8, 4) is 5.75 Å². The predicted octanol–water partition coefficient (Wildman–Crippen LogP) is 6.61. The van der Waals surface area contributed by atoms with Crippen LogP contribution < -0.4 is 4.74 Å². The van der Waals surface area contributed by atoms with Crippen molar-refractivity contribution in [3.05, 3.63) is 114 Å². The minimum Gasteiger partial charge on any atom is -0.497 e. The zero-order valence-electron chi connectivity index (χ0n) is 21.7. The molecule has 1 fully saturated rings. The molecular formula is C31H36N4O. The van der Waals surface area contributed by atoms with E-state index in [1.54, 1.807) is 19.5 Å². The van der Waals surface area contributed by atoms with E-state index in [0.717, 1.165) is 72.3 Å². The molecule has 186 valence electrons. The Morgan fingerprint density at radius 3 is 2.47 bits per heavy atom. The highest BCUT2D eigenvalue weighted by molar-refractivity contribution is 5.92. The lowest BCUT2D eigenvalue weighted by Crippen LogP contribution is -2.47. The number of ether oxygens (including phenoxy) is 1. The van der Waals surface area contributed by atoms with Crippen LogP contribution in [0.5, 0.6) is 5.75 Å². The molecule has 2 aliphatic rings. The lowest BCUT2D eigenvalue weighted by molar-refractivity contribution is 0.276. The molecule has 0 N–H and O–H groups in total. The maximum absolute atomic E-state index is 5.40. The van der Waals surface area contributed by atoms with Crippen molar-refractivity contribution in [2.75, 3.05) is 20.2 Å². The number of hydrogen-bond donors (Lipinski definition) is 0. The highest BCUT2D eigenvalue weighted by atomic mass is 16.5. The molecule has 0 spiro atoms. The number of piperidine rings is 1. The molecular weight excluding hydrogens is 444 g/mol. The quantitative estimate of drug-likeness (QED) is 0.418. The first-order valence-corrected chi connectivity index (χ1v) is 12.5. The van der Waals surface area contributed by atoms with Crippen LogP contribution >= 0.6 is 0 Å². The highest BCUT2D eigenvalue weighted by Gasteiger charge is 2.28. The summed E-state index contributed by atoms with van der Waals surface area (Å²) < 4.78 is 5.40. The maximum atomic E-state index is 5.40. The summed E-state index contributed by atoms with van der Waals surface area (Å²) in [5.41, 5.74) is 7.39. The minimum atomic E-state index is 0.499. The molecule has 1 aromatic carbocycles.